The summed E-state index contributed by atoms with van der Waals surface area (Å²) in [4.78, 5) is 33.3. The molecule has 3 saturated heterocycles. The number of nitrogens with zero attached hydrogens (tertiary/aromatic N) is 6. The molecule has 0 unspecified atom stereocenters. The van der Waals surface area contributed by atoms with Crippen LogP contribution in [0.5, 0.6) is 11.5 Å². The molecule has 6 aliphatic rings. The highest BCUT2D eigenvalue weighted by molar-refractivity contribution is 5.95. The number of ether oxygens (including phenoxy) is 2. The molecule has 5 heterocycles. The number of nitrogens with two attached hydrogens (primary N) is 1. The lowest BCUT2D eigenvalue weighted by Gasteiger charge is -2.34. The van der Waals surface area contributed by atoms with Crippen LogP contribution in [0.15, 0.2) is 91.3 Å². The lowest BCUT2D eigenvalue weighted by atomic mass is 9.89. The zero-order valence-electron chi connectivity index (χ0n) is 46.7. The molecule has 3 atom stereocenters. The highest BCUT2D eigenvalue weighted by atomic mass is 16.5. The summed E-state index contributed by atoms with van der Waals surface area (Å²) in [6.07, 6.45) is 33.1. The van der Waals surface area contributed by atoms with Crippen molar-refractivity contribution in [3.8, 4) is 11.5 Å². The molecule has 0 radical (unpaired) electrons. The number of carbonyl (C=O) groups is 1. The fourth-order valence-corrected chi connectivity index (χ4v) is 13.9. The summed E-state index contributed by atoms with van der Waals surface area (Å²) in [7, 11) is 3.21. The number of likely N-dealkylation sites (tertiary alicyclic amines) is 3. The molecule has 412 valence electrons. The van der Waals surface area contributed by atoms with Crippen LogP contribution in [0.2, 0.25) is 0 Å². The Balaban J connectivity index is 0.000000155. The van der Waals surface area contributed by atoms with Gasteiger partial charge in [0.05, 0.1) is 25.3 Å². The highest BCUT2D eigenvalue weighted by Gasteiger charge is 2.32. The Morgan fingerprint density at radius 2 is 1.05 bits per heavy atom. The van der Waals surface area contributed by atoms with Crippen LogP contribution in [0.1, 0.15) is 156 Å². The van der Waals surface area contributed by atoms with E-state index in [4.69, 9.17) is 15.2 Å². The van der Waals surface area contributed by atoms with Crippen LogP contribution in [-0.4, -0.2) is 127 Å². The van der Waals surface area contributed by atoms with Gasteiger partial charge >= 0.3 is 0 Å². The zero-order chi connectivity index (χ0) is 52.3. The fourth-order valence-electron chi connectivity index (χ4n) is 13.9. The second-order valence-electron chi connectivity index (χ2n) is 23.6. The van der Waals surface area contributed by atoms with Gasteiger partial charge in [-0.3, -0.25) is 29.5 Å². The molecular weight excluding hydrogens is 941 g/mol. The third kappa shape index (κ3) is 16.0. The Bertz CT molecular complexity index is 2520. The molecule has 3 aromatic carbocycles. The van der Waals surface area contributed by atoms with E-state index in [-0.39, 0.29) is 5.91 Å². The summed E-state index contributed by atoms with van der Waals surface area (Å²) in [6, 6.07) is 28.2. The number of rotatable bonds is 18. The largest absolute Gasteiger partial charge is 0.493 e. The summed E-state index contributed by atoms with van der Waals surface area (Å²) in [6.45, 7) is 11.7. The summed E-state index contributed by atoms with van der Waals surface area (Å²) >= 11 is 0. The third-order valence-electron chi connectivity index (χ3n) is 18.1. The maximum Gasteiger partial charge on any atom is 0.254 e. The standard InChI is InChI=1S/C31H39N3O3.C22H31N3.C12H24N2/c1-36-29-15-14-26(18-30(29)37-2)31(35)34(21-24-17-25-11-6-7-13-28(25)32-19-24)22-27-12-8-16-33(27)20-23-9-4-3-5-10-23;1-2-7-18(8-3-1)17-25-12-6-10-21(25)16-23-14-19-13-20-9-4-5-11-22(20)24-15-19;13-9-12-7-4-8-14(12)10-11-5-2-1-3-6-11/h6-7,11,13-15,17-19,23,27H,3-5,8-10,12,16,20-22H2,1-2H3;4-5,9,11,13,15,18,21,23H,1-3,6-8,10,12,14,16-17H2;11-12H,1-10,13H2/t27-;21-;12-/m000/s1. The number of carbonyl (C=O) groups excluding carboxylic acids is 1. The molecule has 5 aromatic rings. The Morgan fingerprint density at radius 3 is 1.61 bits per heavy atom. The number of hydrogen-bond donors (Lipinski definition) is 2. The van der Waals surface area contributed by atoms with Crippen molar-refractivity contribution in [1.29, 1.82) is 0 Å². The average molecular weight is 1040 g/mol. The molecule has 0 bridgehead atoms. The maximum atomic E-state index is 14.0. The van der Waals surface area contributed by atoms with Gasteiger partial charge in [-0.15, -0.1) is 0 Å². The summed E-state index contributed by atoms with van der Waals surface area (Å²) < 4.78 is 10.9. The van der Waals surface area contributed by atoms with Gasteiger partial charge in [0.25, 0.3) is 5.91 Å². The van der Waals surface area contributed by atoms with Gasteiger partial charge < -0.3 is 25.4 Å². The van der Waals surface area contributed by atoms with E-state index in [1.807, 2.05) is 53.7 Å². The van der Waals surface area contributed by atoms with E-state index in [1.54, 1.807) is 20.3 Å². The van der Waals surface area contributed by atoms with E-state index in [2.05, 4.69) is 66.4 Å². The Labute approximate surface area is 457 Å². The van der Waals surface area contributed by atoms with Gasteiger partial charge in [0.15, 0.2) is 11.5 Å². The molecule has 3 aliphatic carbocycles. The van der Waals surface area contributed by atoms with Gasteiger partial charge in [-0.05, 0) is 168 Å². The maximum absolute atomic E-state index is 14.0. The van der Waals surface area contributed by atoms with Crippen LogP contribution < -0.4 is 20.5 Å². The number of amides is 1. The molecule has 2 aromatic heterocycles. The Hall–Kier alpha value is -4.65. The van der Waals surface area contributed by atoms with Crippen molar-refractivity contribution in [3.63, 3.8) is 0 Å². The minimum absolute atomic E-state index is 0.0126. The van der Waals surface area contributed by atoms with Crippen LogP contribution in [0.25, 0.3) is 21.8 Å². The molecule has 6 fully saturated rings. The van der Waals surface area contributed by atoms with E-state index in [9.17, 15) is 4.79 Å². The predicted molar refractivity (Wildman–Crippen MR) is 312 cm³/mol. The van der Waals surface area contributed by atoms with Crippen LogP contribution in [0.4, 0.5) is 0 Å². The number of aromatic nitrogens is 2. The number of para-hydroxylation sites is 2. The van der Waals surface area contributed by atoms with Crippen molar-refractivity contribution >= 4 is 27.7 Å². The molecule has 11 rings (SSSR count). The van der Waals surface area contributed by atoms with Gasteiger partial charge in [-0.2, -0.15) is 0 Å². The monoisotopic (exact) mass is 1030 g/mol. The number of methoxy groups -OCH3 is 2. The van der Waals surface area contributed by atoms with E-state index in [0.29, 0.717) is 42.2 Å². The summed E-state index contributed by atoms with van der Waals surface area (Å²) in [5.74, 6) is 3.95. The van der Waals surface area contributed by atoms with Crippen molar-refractivity contribution in [3.05, 3.63) is 108 Å². The van der Waals surface area contributed by atoms with E-state index >= 15 is 0 Å². The first-order valence-corrected chi connectivity index (χ1v) is 30.2. The quantitative estimate of drug-likeness (QED) is 0.0880. The topological polar surface area (TPSA) is 112 Å². The lowest BCUT2D eigenvalue weighted by Crippen LogP contribution is -2.44. The minimum atomic E-state index is 0.0126. The number of benzene rings is 3. The van der Waals surface area contributed by atoms with Crippen LogP contribution in [0.3, 0.4) is 0 Å². The first-order chi connectivity index (χ1) is 37.4. The van der Waals surface area contributed by atoms with Gasteiger partial charge in [0.1, 0.15) is 0 Å². The number of nitrogens with one attached hydrogen (secondary N) is 1. The summed E-state index contributed by atoms with van der Waals surface area (Å²) in [5.41, 5.74) is 10.8. The number of fused-ring (bicyclic) bond motifs is 2. The molecule has 11 heteroatoms. The van der Waals surface area contributed by atoms with E-state index in [1.165, 1.54) is 172 Å². The SMILES string of the molecule is COc1ccc(C(=O)N(Cc2cnc3ccccc3c2)C[C@@H]2CCCN2CC2CCCCC2)cc1OC.NC[C@@H]1CCCN1CC1CCCCC1.c1ccc2ncc(CNC[C@@H]3CCCN3CC3CCCCC3)cc2c1. The van der Waals surface area contributed by atoms with Crippen LogP contribution in [0, 0.1) is 17.8 Å². The van der Waals surface area contributed by atoms with Crippen LogP contribution >= 0.6 is 0 Å². The molecule has 3 aliphatic heterocycles. The van der Waals surface area contributed by atoms with E-state index in [0.717, 1.165) is 78.4 Å². The van der Waals surface area contributed by atoms with Gasteiger partial charge in [0.2, 0.25) is 0 Å². The molecule has 11 nitrogen and oxygen atoms in total. The average Bonchev–Trinajstić information content (AvgIpc) is 4.25. The Morgan fingerprint density at radius 1 is 0.566 bits per heavy atom. The van der Waals surface area contributed by atoms with Crippen molar-refractivity contribution in [1.82, 2.24) is 34.9 Å². The second-order valence-corrected chi connectivity index (χ2v) is 23.6. The fraction of sp³-hybridized carbons (Fsp3) is 0.615. The lowest BCUT2D eigenvalue weighted by molar-refractivity contribution is 0.0675. The third-order valence-corrected chi connectivity index (χ3v) is 18.1. The predicted octanol–water partition coefficient (Wildman–Crippen LogP) is 12.3. The molecule has 1 amide bonds. The molecule has 76 heavy (non-hydrogen) atoms. The number of hydrogen-bond acceptors (Lipinski definition) is 10. The van der Waals surface area contributed by atoms with Crippen molar-refractivity contribution < 1.29 is 14.3 Å². The summed E-state index contributed by atoms with van der Waals surface area (Å²) in [5, 5.41) is 6.03. The van der Waals surface area contributed by atoms with Crippen molar-refractivity contribution in [2.75, 3.05) is 73.1 Å². The normalized spacial score (nSPS) is 22.3. The van der Waals surface area contributed by atoms with Gasteiger partial charge in [-0.1, -0.05) is 94.2 Å². The highest BCUT2D eigenvalue weighted by Crippen LogP contribution is 2.32. The molecule has 3 saturated carbocycles. The second kappa shape index (κ2) is 29.4. The number of pyridine rings is 2. The van der Waals surface area contributed by atoms with Gasteiger partial charge in [-0.25, -0.2) is 0 Å². The molecule has 3 N–H and O–H groups in total. The van der Waals surface area contributed by atoms with Gasteiger partial charge in [0, 0.05) is 99.2 Å². The molecular formula is C65H94N8O3. The first-order valence-electron chi connectivity index (χ1n) is 30.2. The Kier molecular flexibility index (Phi) is 21.7. The van der Waals surface area contributed by atoms with Crippen molar-refractivity contribution in [2.45, 2.75) is 166 Å². The zero-order valence-corrected chi connectivity index (χ0v) is 46.7. The smallest absolute Gasteiger partial charge is 0.254 e. The minimum Gasteiger partial charge on any atom is -0.493 e. The van der Waals surface area contributed by atoms with E-state index < -0.39 is 0 Å². The first kappa shape index (κ1) is 56.1. The van der Waals surface area contributed by atoms with Crippen LogP contribution in [-0.2, 0) is 13.1 Å². The van der Waals surface area contributed by atoms with Crippen molar-refractivity contribution in [2.24, 2.45) is 23.5 Å². The molecule has 0 spiro atoms.